The van der Waals surface area contributed by atoms with Crippen LogP contribution in [0.3, 0.4) is 0 Å². The largest absolute Gasteiger partial charge is 0.283 e. The summed E-state index contributed by atoms with van der Waals surface area (Å²) in [5.74, 6) is -0.0872. The van der Waals surface area contributed by atoms with Crippen molar-refractivity contribution in [3.63, 3.8) is 0 Å². The molecule has 0 N–H and O–H groups in total. The predicted octanol–water partition coefficient (Wildman–Crippen LogP) is 1.56. The molecule has 0 amide bonds. The Morgan fingerprint density at radius 1 is 1.26 bits per heavy atom. The molecule has 7 heteroatoms. The van der Waals surface area contributed by atoms with Crippen molar-refractivity contribution in [2.45, 2.75) is 0 Å². The van der Waals surface area contributed by atoms with Crippen molar-refractivity contribution < 1.29 is 4.79 Å². The van der Waals surface area contributed by atoms with Crippen molar-refractivity contribution in [3.8, 4) is 10.6 Å². The quantitative estimate of drug-likeness (QED) is 0.676. The third-order valence-electron chi connectivity index (χ3n) is 2.58. The van der Waals surface area contributed by atoms with Gasteiger partial charge < -0.3 is 0 Å². The molecule has 0 unspecified atom stereocenters. The van der Waals surface area contributed by atoms with Crippen LogP contribution in [-0.2, 0) is 7.05 Å². The van der Waals surface area contributed by atoms with Crippen LogP contribution < -0.4 is 0 Å². The lowest BCUT2D eigenvalue weighted by atomic mass is 10.2. The number of tetrazole rings is 1. The van der Waals surface area contributed by atoms with Crippen LogP contribution in [0, 0.1) is 0 Å². The molecule has 2 heterocycles. The lowest BCUT2D eigenvalue weighted by Crippen LogP contribution is -2.10. The van der Waals surface area contributed by atoms with E-state index in [1.807, 2.05) is 30.3 Å². The van der Waals surface area contributed by atoms with E-state index in [9.17, 15) is 4.79 Å². The number of carbonyl (C=O) groups excluding carboxylic acids is 1. The molecule has 0 aliphatic carbocycles. The second-order valence-corrected chi connectivity index (χ2v) is 4.72. The van der Waals surface area contributed by atoms with E-state index in [4.69, 9.17) is 0 Å². The molecule has 0 spiro atoms. The van der Waals surface area contributed by atoms with Crippen LogP contribution in [-0.4, -0.2) is 31.0 Å². The fourth-order valence-corrected chi connectivity index (χ4v) is 2.43. The van der Waals surface area contributed by atoms with E-state index in [0.29, 0.717) is 5.69 Å². The third-order valence-corrected chi connectivity index (χ3v) is 3.47. The van der Waals surface area contributed by atoms with Gasteiger partial charge in [-0.2, -0.15) is 0 Å². The first-order valence-corrected chi connectivity index (χ1v) is 6.41. The summed E-state index contributed by atoms with van der Waals surface area (Å²) < 4.78 is 1.34. The zero-order valence-corrected chi connectivity index (χ0v) is 10.8. The molecule has 0 saturated heterocycles. The molecular weight excluding hydrogens is 262 g/mol. The minimum Gasteiger partial charge on any atom is -0.283 e. The molecule has 0 radical (unpaired) electrons. The van der Waals surface area contributed by atoms with Gasteiger partial charge in [0.05, 0.1) is 0 Å². The molecule has 0 bridgehead atoms. The third kappa shape index (κ3) is 2.15. The van der Waals surface area contributed by atoms with Crippen molar-refractivity contribution in [1.29, 1.82) is 0 Å². The van der Waals surface area contributed by atoms with Crippen LogP contribution in [0.5, 0.6) is 0 Å². The van der Waals surface area contributed by atoms with Crippen LogP contribution in [0.2, 0.25) is 0 Å². The second kappa shape index (κ2) is 4.69. The normalized spacial score (nSPS) is 10.6. The van der Waals surface area contributed by atoms with Gasteiger partial charge in [0, 0.05) is 18.0 Å². The molecule has 2 aromatic heterocycles. The topological polar surface area (TPSA) is 73.6 Å². The van der Waals surface area contributed by atoms with Gasteiger partial charge >= 0.3 is 0 Å². The molecule has 0 aliphatic rings. The highest BCUT2D eigenvalue weighted by atomic mass is 32.1. The van der Waals surface area contributed by atoms with Crippen molar-refractivity contribution in [1.82, 2.24) is 25.2 Å². The van der Waals surface area contributed by atoms with Gasteiger partial charge in [-0.3, -0.25) is 4.79 Å². The Labute approximate surface area is 112 Å². The van der Waals surface area contributed by atoms with Gasteiger partial charge in [-0.25, -0.2) is 9.67 Å². The molecule has 0 saturated carbocycles. The highest BCUT2D eigenvalue weighted by Gasteiger charge is 2.19. The van der Waals surface area contributed by atoms with E-state index >= 15 is 0 Å². The van der Waals surface area contributed by atoms with Gasteiger partial charge in [0.15, 0.2) is 0 Å². The first-order chi connectivity index (χ1) is 9.25. The average Bonchev–Trinajstić information content (AvgIpc) is 3.08. The number of ketones is 1. The van der Waals surface area contributed by atoms with Crippen LogP contribution in [0.15, 0.2) is 35.7 Å². The zero-order valence-electron chi connectivity index (χ0n) is 10.0. The minimum atomic E-state index is -0.272. The van der Waals surface area contributed by atoms with E-state index in [2.05, 4.69) is 20.5 Å². The Morgan fingerprint density at radius 3 is 2.74 bits per heavy atom. The smallest absolute Gasteiger partial charge is 0.251 e. The fraction of sp³-hybridized carbons (Fsp3) is 0.0833. The summed E-state index contributed by atoms with van der Waals surface area (Å²) in [6.45, 7) is 0. The van der Waals surface area contributed by atoms with Gasteiger partial charge in [-0.05, 0) is 10.4 Å². The number of hydrogen-bond donors (Lipinski definition) is 0. The Kier molecular flexibility index (Phi) is 2.88. The molecule has 19 heavy (non-hydrogen) atoms. The van der Waals surface area contributed by atoms with Gasteiger partial charge in [0.25, 0.3) is 5.78 Å². The van der Waals surface area contributed by atoms with Crippen molar-refractivity contribution in [2.24, 2.45) is 7.05 Å². The van der Waals surface area contributed by atoms with Gasteiger partial charge in [0.2, 0.25) is 5.82 Å². The van der Waals surface area contributed by atoms with Crippen molar-refractivity contribution in [3.05, 3.63) is 47.2 Å². The molecule has 0 aliphatic heterocycles. The van der Waals surface area contributed by atoms with E-state index < -0.39 is 0 Å². The summed E-state index contributed by atoms with van der Waals surface area (Å²) in [6.07, 6.45) is 0. The number of aryl methyl sites for hydroxylation is 1. The number of nitrogens with zero attached hydrogens (tertiary/aromatic N) is 5. The predicted molar refractivity (Wildman–Crippen MR) is 69.8 cm³/mol. The number of benzene rings is 1. The van der Waals surface area contributed by atoms with Crippen LogP contribution in [0.4, 0.5) is 0 Å². The average molecular weight is 271 g/mol. The van der Waals surface area contributed by atoms with Crippen molar-refractivity contribution >= 4 is 17.1 Å². The highest BCUT2D eigenvalue weighted by Crippen LogP contribution is 2.23. The minimum absolute atomic E-state index is 0.185. The standard InChI is InChI=1S/C12H9N5OS/c1-17-11(14-15-16-17)10(18)9-7-19-12(13-9)8-5-3-2-4-6-8/h2-7H,1H3. The van der Waals surface area contributed by atoms with Crippen molar-refractivity contribution in [2.75, 3.05) is 0 Å². The van der Waals surface area contributed by atoms with E-state index in [0.717, 1.165) is 10.6 Å². The van der Waals surface area contributed by atoms with Crippen LogP contribution in [0.25, 0.3) is 10.6 Å². The highest BCUT2D eigenvalue weighted by molar-refractivity contribution is 7.13. The van der Waals surface area contributed by atoms with E-state index in [-0.39, 0.29) is 11.6 Å². The Morgan fingerprint density at radius 2 is 2.05 bits per heavy atom. The molecule has 6 nitrogen and oxygen atoms in total. The molecule has 1 aromatic carbocycles. The Bertz CT molecular complexity index is 719. The lowest BCUT2D eigenvalue weighted by molar-refractivity contribution is 0.102. The van der Waals surface area contributed by atoms with E-state index in [1.54, 1.807) is 12.4 Å². The fourth-order valence-electron chi connectivity index (χ4n) is 1.63. The monoisotopic (exact) mass is 271 g/mol. The summed E-state index contributed by atoms with van der Waals surface area (Å²) in [7, 11) is 1.62. The summed E-state index contributed by atoms with van der Waals surface area (Å²) in [4.78, 5) is 16.5. The molecule has 0 fully saturated rings. The second-order valence-electron chi connectivity index (χ2n) is 3.86. The zero-order chi connectivity index (χ0) is 13.2. The van der Waals surface area contributed by atoms with Crippen LogP contribution in [0.1, 0.15) is 16.3 Å². The van der Waals surface area contributed by atoms with Gasteiger partial charge in [-0.15, -0.1) is 16.4 Å². The molecular formula is C12H9N5OS. The number of thiazole rings is 1. The first-order valence-electron chi connectivity index (χ1n) is 5.53. The van der Waals surface area contributed by atoms with Gasteiger partial charge in [0.1, 0.15) is 10.7 Å². The molecule has 0 atom stereocenters. The summed E-state index contributed by atoms with van der Waals surface area (Å²) in [5, 5.41) is 13.3. The maximum atomic E-state index is 12.2. The van der Waals surface area contributed by atoms with Gasteiger partial charge in [-0.1, -0.05) is 30.3 Å². The molecule has 3 rings (SSSR count). The van der Waals surface area contributed by atoms with E-state index in [1.165, 1.54) is 16.0 Å². The molecule has 3 aromatic rings. The number of carbonyl (C=O) groups is 1. The maximum Gasteiger partial charge on any atom is 0.251 e. The lowest BCUT2D eigenvalue weighted by Gasteiger charge is -1.95. The summed E-state index contributed by atoms with van der Waals surface area (Å²) in [6, 6.07) is 9.72. The Balaban J connectivity index is 1.94. The Hall–Kier alpha value is -2.41. The summed E-state index contributed by atoms with van der Waals surface area (Å²) in [5.41, 5.74) is 1.35. The molecule has 94 valence electrons. The maximum absolute atomic E-state index is 12.2. The number of hydrogen-bond acceptors (Lipinski definition) is 6. The summed E-state index contributed by atoms with van der Waals surface area (Å²) >= 11 is 1.42. The first kappa shape index (κ1) is 11.7. The SMILES string of the molecule is Cn1nnnc1C(=O)c1csc(-c2ccccc2)n1. The number of aromatic nitrogens is 5. The van der Waals surface area contributed by atoms with Crippen LogP contribution >= 0.6 is 11.3 Å². The number of rotatable bonds is 3.